The number of para-hydroxylation sites is 1. The highest BCUT2D eigenvalue weighted by molar-refractivity contribution is 7.99. The molecule has 2 amide bonds. The van der Waals surface area contributed by atoms with Crippen molar-refractivity contribution >= 4 is 40.6 Å². The standard InChI is InChI=1S/C20H19FN4O2S2/c1-13-5-2-3-8-16(13)23-19(27)20-25-24-18(29-20)12-28-11-17(26)22-10-14-6-4-7-15(21)9-14/h2-9H,10-12H2,1H3,(H,22,26)(H,23,27). The van der Waals surface area contributed by atoms with Crippen molar-refractivity contribution in [1.29, 1.82) is 0 Å². The number of rotatable bonds is 8. The fourth-order valence-electron chi connectivity index (χ4n) is 2.42. The Morgan fingerprint density at radius 1 is 1.14 bits per heavy atom. The van der Waals surface area contributed by atoms with Crippen molar-refractivity contribution < 1.29 is 14.0 Å². The maximum atomic E-state index is 13.1. The Hall–Kier alpha value is -2.78. The van der Waals surface area contributed by atoms with Crippen molar-refractivity contribution in [3.8, 4) is 0 Å². The monoisotopic (exact) mass is 430 g/mol. The average Bonchev–Trinajstić information content (AvgIpc) is 3.17. The van der Waals surface area contributed by atoms with Gasteiger partial charge in [-0.25, -0.2) is 4.39 Å². The second kappa shape index (κ2) is 10.1. The molecule has 0 atom stereocenters. The molecule has 0 saturated heterocycles. The van der Waals surface area contributed by atoms with Crippen molar-refractivity contribution in [3.05, 3.63) is 75.5 Å². The molecule has 0 aliphatic heterocycles. The van der Waals surface area contributed by atoms with E-state index < -0.39 is 0 Å². The van der Waals surface area contributed by atoms with Gasteiger partial charge in [-0.2, -0.15) is 0 Å². The van der Waals surface area contributed by atoms with E-state index in [0.29, 0.717) is 16.3 Å². The number of carbonyl (C=O) groups excluding carboxylic acids is 2. The van der Waals surface area contributed by atoms with Gasteiger partial charge in [0.05, 0.1) is 5.75 Å². The maximum Gasteiger partial charge on any atom is 0.286 e. The van der Waals surface area contributed by atoms with E-state index in [1.807, 2.05) is 31.2 Å². The summed E-state index contributed by atoms with van der Waals surface area (Å²) in [7, 11) is 0. The zero-order valence-electron chi connectivity index (χ0n) is 15.6. The molecule has 0 bridgehead atoms. The zero-order chi connectivity index (χ0) is 20.6. The van der Waals surface area contributed by atoms with Crippen LogP contribution in [0.15, 0.2) is 48.5 Å². The van der Waals surface area contributed by atoms with Crippen LogP contribution < -0.4 is 10.6 Å². The summed E-state index contributed by atoms with van der Waals surface area (Å²) in [6.07, 6.45) is 0. The minimum Gasteiger partial charge on any atom is -0.351 e. The van der Waals surface area contributed by atoms with Gasteiger partial charge in [-0.05, 0) is 36.2 Å². The molecule has 150 valence electrons. The summed E-state index contributed by atoms with van der Waals surface area (Å²) in [5.41, 5.74) is 2.40. The van der Waals surface area contributed by atoms with E-state index in [-0.39, 0.29) is 34.9 Å². The lowest BCUT2D eigenvalue weighted by Crippen LogP contribution is -2.24. The predicted octanol–water partition coefficient (Wildman–Crippen LogP) is 3.79. The third-order valence-electron chi connectivity index (χ3n) is 3.89. The van der Waals surface area contributed by atoms with Crippen LogP contribution in [0, 0.1) is 12.7 Å². The summed E-state index contributed by atoms with van der Waals surface area (Å²) >= 11 is 2.58. The van der Waals surface area contributed by atoms with Gasteiger partial charge in [0.1, 0.15) is 10.8 Å². The number of aryl methyl sites for hydroxylation is 1. The molecule has 1 aromatic heterocycles. The molecule has 9 heteroatoms. The molecule has 2 N–H and O–H groups in total. The van der Waals surface area contributed by atoms with Crippen LogP contribution in [0.2, 0.25) is 0 Å². The quantitative estimate of drug-likeness (QED) is 0.568. The van der Waals surface area contributed by atoms with Crippen LogP contribution in [0.25, 0.3) is 0 Å². The molecule has 1 heterocycles. The summed E-state index contributed by atoms with van der Waals surface area (Å²) in [5.74, 6) is -0.0747. The van der Waals surface area contributed by atoms with Crippen LogP contribution in [-0.2, 0) is 17.1 Å². The van der Waals surface area contributed by atoms with Crippen LogP contribution >= 0.6 is 23.1 Å². The molecule has 6 nitrogen and oxygen atoms in total. The molecule has 3 aromatic rings. The molecule has 0 fully saturated rings. The van der Waals surface area contributed by atoms with Crippen LogP contribution in [-0.4, -0.2) is 27.8 Å². The number of hydrogen-bond donors (Lipinski definition) is 2. The molecule has 0 unspecified atom stereocenters. The van der Waals surface area contributed by atoms with E-state index in [1.54, 1.807) is 12.1 Å². The summed E-state index contributed by atoms with van der Waals surface area (Å²) in [5, 5.41) is 14.5. The number of aromatic nitrogens is 2. The van der Waals surface area contributed by atoms with Gasteiger partial charge in [0, 0.05) is 18.0 Å². The smallest absolute Gasteiger partial charge is 0.286 e. The highest BCUT2D eigenvalue weighted by atomic mass is 32.2. The molecular weight excluding hydrogens is 411 g/mol. The van der Waals surface area contributed by atoms with E-state index in [1.165, 1.54) is 35.2 Å². The number of anilines is 1. The molecule has 0 aliphatic carbocycles. The van der Waals surface area contributed by atoms with Gasteiger partial charge in [0.25, 0.3) is 5.91 Å². The Labute approximate surface area is 175 Å². The zero-order valence-corrected chi connectivity index (χ0v) is 17.3. The van der Waals surface area contributed by atoms with Crippen molar-refractivity contribution in [1.82, 2.24) is 15.5 Å². The lowest BCUT2D eigenvalue weighted by Gasteiger charge is -2.05. The number of amides is 2. The molecule has 29 heavy (non-hydrogen) atoms. The van der Waals surface area contributed by atoms with E-state index >= 15 is 0 Å². The Morgan fingerprint density at radius 3 is 2.76 bits per heavy atom. The molecule has 3 rings (SSSR count). The first kappa shape index (κ1) is 20.9. The van der Waals surface area contributed by atoms with Gasteiger partial charge in [-0.1, -0.05) is 41.7 Å². The first-order valence-corrected chi connectivity index (χ1v) is 10.8. The molecule has 2 aromatic carbocycles. The van der Waals surface area contributed by atoms with Crippen molar-refractivity contribution in [2.24, 2.45) is 0 Å². The van der Waals surface area contributed by atoms with Crippen LogP contribution in [0.3, 0.4) is 0 Å². The number of halogens is 1. The molecule has 0 spiro atoms. The van der Waals surface area contributed by atoms with Gasteiger partial charge in [-0.3, -0.25) is 9.59 Å². The Bertz CT molecular complexity index is 1010. The molecule has 0 aliphatic rings. The summed E-state index contributed by atoms with van der Waals surface area (Å²) < 4.78 is 13.1. The summed E-state index contributed by atoms with van der Waals surface area (Å²) in [6.45, 7) is 2.19. The maximum absolute atomic E-state index is 13.1. The van der Waals surface area contributed by atoms with Crippen molar-refractivity contribution in [2.45, 2.75) is 19.2 Å². The number of benzene rings is 2. The largest absolute Gasteiger partial charge is 0.351 e. The summed E-state index contributed by atoms with van der Waals surface area (Å²) in [6, 6.07) is 13.6. The first-order valence-electron chi connectivity index (χ1n) is 8.79. The molecular formula is C20H19FN4O2S2. The second-order valence-electron chi connectivity index (χ2n) is 6.17. The average molecular weight is 431 g/mol. The Balaban J connectivity index is 1.42. The minimum atomic E-state index is -0.329. The number of nitrogens with zero attached hydrogens (tertiary/aromatic N) is 2. The number of thioether (sulfide) groups is 1. The lowest BCUT2D eigenvalue weighted by atomic mass is 10.2. The second-order valence-corrected chi connectivity index (χ2v) is 8.22. The highest BCUT2D eigenvalue weighted by Gasteiger charge is 2.14. The third kappa shape index (κ3) is 6.37. The van der Waals surface area contributed by atoms with Gasteiger partial charge in [0.15, 0.2) is 0 Å². The summed E-state index contributed by atoms with van der Waals surface area (Å²) in [4.78, 5) is 24.2. The molecule has 0 radical (unpaired) electrons. The van der Waals surface area contributed by atoms with E-state index in [9.17, 15) is 14.0 Å². The van der Waals surface area contributed by atoms with E-state index in [0.717, 1.165) is 11.3 Å². The van der Waals surface area contributed by atoms with Crippen LogP contribution in [0.1, 0.15) is 25.9 Å². The van der Waals surface area contributed by atoms with Gasteiger partial charge < -0.3 is 10.6 Å². The highest BCUT2D eigenvalue weighted by Crippen LogP contribution is 2.19. The number of hydrogen-bond acceptors (Lipinski definition) is 6. The fraction of sp³-hybridized carbons (Fsp3) is 0.200. The van der Waals surface area contributed by atoms with Crippen molar-refractivity contribution in [2.75, 3.05) is 11.1 Å². The van der Waals surface area contributed by atoms with Gasteiger partial charge in [0.2, 0.25) is 10.9 Å². The topological polar surface area (TPSA) is 84.0 Å². The number of nitrogens with one attached hydrogen (secondary N) is 2. The van der Waals surface area contributed by atoms with E-state index in [4.69, 9.17) is 0 Å². The lowest BCUT2D eigenvalue weighted by molar-refractivity contribution is -0.118. The van der Waals surface area contributed by atoms with E-state index in [2.05, 4.69) is 20.8 Å². The van der Waals surface area contributed by atoms with Gasteiger partial charge in [-0.15, -0.1) is 22.0 Å². The third-order valence-corrected chi connectivity index (χ3v) is 5.94. The van der Waals surface area contributed by atoms with Crippen LogP contribution in [0.5, 0.6) is 0 Å². The number of carbonyl (C=O) groups is 2. The van der Waals surface area contributed by atoms with Crippen LogP contribution in [0.4, 0.5) is 10.1 Å². The Kier molecular flexibility index (Phi) is 7.31. The normalized spacial score (nSPS) is 10.6. The fourth-order valence-corrected chi connectivity index (χ4v) is 4.06. The SMILES string of the molecule is Cc1ccccc1NC(=O)c1nnc(CSCC(=O)NCc2cccc(F)c2)s1. The Morgan fingerprint density at radius 2 is 1.97 bits per heavy atom. The van der Waals surface area contributed by atoms with Crippen molar-refractivity contribution in [3.63, 3.8) is 0 Å². The first-order chi connectivity index (χ1) is 14.0. The predicted molar refractivity (Wildman–Crippen MR) is 113 cm³/mol. The minimum absolute atomic E-state index is 0.152. The van der Waals surface area contributed by atoms with Gasteiger partial charge >= 0.3 is 0 Å². The molecule has 0 saturated carbocycles.